The van der Waals surface area contributed by atoms with E-state index in [1.54, 1.807) is 12.1 Å². The number of primary sulfonamides is 1. The van der Waals surface area contributed by atoms with E-state index in [-0.39, 0.29) is 17.3 Å². The van der Waals surface area contributed by atoms with E-state index >= 15 is 0 Å². The molecule has 2 aromatic carbocycles. The summed E-state index contributed by atoms with van der Waals surface area (Å²) in [5.74, 6) is 0.611. The molecule has 0 aliphatic carbocycles. The topological polar surface area (TPSA) is 98.5 Å². The lowest BCUT2D eigenvalue weighted by Gasteiger charge is -2.09. The van der Waals surface area contributed by atoms with Crippen LogP contribution in [-0.4, -0.2) is 20.9 Å². The van der Waals surface area contributed by atoms with Crippen LogP contribution in [0.25, 0.3) is 0 Å². The molecule has 25 heavy (non-hydrogen) atoms. The first-order chi connectivity index (χ1) is 11.9. The van der Waals surface area contributed by atoms with E-state index in [0.29, 0.717) is 25.0 Å². The van der Waals surface area contributed by atoms with Crippen LogP contribution < -0.4 is 15.2 Å². The Labute approximate surface area is 155 Å². The first-order valence-electron chi connectivity index (χ1n) is 7.62. The van der Waals surface area contributed by atoms with E-state index in [2.05, 4.69) is 21.2 Å². The molecular formula is C17H19BrN2O4S. The third-order valence-corrected chi connectivity index (χ3v) is 4.93. The van der Waals surface area contributed by atoms with Gasteiger partial charge in [0.15, 0.2) is 0 Å². The van der Waals surface area contributed by atoms with Crippen molar-refractivity contribution >= 4 is 31.9 Å². The Kier molecular flexibility index (Phi) is 6.98. The van der Waals surface area contributed by atoms with Crippen molar-refractivity contribution in [1.82, 2.24) is 5.32 Å². The van der Waals surface area contributed by atoms with Crippen LogP contribution >= 0.6 is 15.9 Å². The normalized spacial score (nSPS) is 11.1. The van der Waals surface area contributed by atoms with Crippen molar-refractivity contribution in [2.24, 2.45) is 5.14 Å². The largest absolute Gasteiger partial charge is 0.492 e. The van der Waals surface area contributed by atoms with Gasteiger partial charge in [-0.15, -0.1) is 0 Å². The maximum Gasteiger partial charge on any atom is 0.238 e. The maximum atomic E-state index is 11.9. The average molecular weight is 427 g/mol. The third kappa shape index (κ3) is 6.49. The highest BCUT2D eigenvalue weighted by molar-refractivity contribution is 9.10. The van der Waals surface area contributed by atoms with Crippen molar-refractivity contribution in [3.63, 3.8) is 0 Å². The number of nitrogens with one attached hydrogen (secondary N) is 1. The van der Waals surface area contributed by atoms with Gasteiger partial charge < -0.3 is 10.1 Å². The molecule has 0 unspecified atom stereocenters. The number of nitrogens with two attached hydrogens (primary N) is 1. The molecule has 0 aliphatic rings. The minimum absolute atomic E-state index is 0.0288. The minimum Gasteiger partial charge on any atom is -0.492 e. The van der Waals surface area contributed by atoms with Gasteiger partial charge in [-0.05, 0) is 52.2 Å². The summed E-state index contributed by atoms with van der Waals surface area (Å²) in [6.07, 6.45) is 0.893. The van der Waals surface area contributed by atoms with E-state index in [9.17, 15) is 13.2 Å². The first-order valence-corrected chi connectivity index (χ1v) is 9.96. The lowest BCUT2D eigenvalue weighted by Crippen LogP contribution is -2.23. The van der Waals surface area contributed by atoms with E-state index in [0.717, 1.165) is 10.2 Å². The molecule has 0 heterocycles. The van der Waals surface area contributed by atoms with Crippen molar-refractivity contribution in [3.8, 4) is 5.75 Å². The van der Waals surface area contributed by atoms with Crippen LogP contribution in [0.1, 0.15) is 18.4 Å². The summed E-state index contributed by atoms with van der Waals surface area (Å²) in [5.41, 5.74) is 0.671. The molecule has 0 aliphatic heterocycles. The Morgan fingerprint density at radius 3 is 2.64 bits per heavy atom. The van der Waals surface area contributed by atoms with Crippen LogP contribution in [0, 0.1) is 0 Å². The van der Waals surface area contributed by atoms with Gasteiger partial charge in [-0.25, -0.2) is 13.6 Å². The van der Waals surface area contributed by atoms with Crippen molar-refractivity contribution < 1.29 is 17.9 Å². The van der Waals surface area contributed by atoms with Gasteiger partial charge in [0, 0.05) is 13.0 Å². The van der Waals surface area contributed by atoms with Gasteiger partial charge in [-0.1, -0.05) is 24.3 Å². The lowest BCUT2D eigenvalue weighted by atomic mass is 10.2. The second-order valence-electron chi connectivity index (χ2n) is 5.35. The zero-order valence-electron chi connectivity index (χ0n) is 13.4. The van der Waals surface area contributed by atoms with Gasteiger partial charge in [-0.2, -0.15) is 0 Å². The molecule has 0 radical (unpaired) electrons. The fourth-order valence-electron chi connectivity index (χ4n) is 2.10. The summed E-state index contributed by atoms with van der Waals surface area (Å²) < 4.78 is 29.1. The SMILES string of the molecule is NS(=O)(=O)c1cccc(CNC(=O)CCCOc2ccccc2Br)c1. The summed E-state index contributed by atoms with van der Waals surface area (Å²) in [4.78, 5) is 11.9. The molecule has 1 amide bonds. The number of rotatable bonds is 8. The number of halogens is 1. The highest BCUT2D eigenvalue weighted by atomic mass is 79.9. The van der Waals surface area contributed by atoms with E-state index in [1.807, 2.05) is 24.3 Å². The quantitative estimate of drug-likeness (QED) is 0.633. The molecule has 0 aromatic heterocycles. The van der Waals surface area contributed by atoms with Gasteiger partial charge >= 0.3 is 0 Å². The first kappa shape index (κ1) is 19.4. The minimum atomic E-state index is -3.74. The number of hydrogen-bond donors (Lipinski definition) is 2. The van der Waals surface area contributed by atoms with Crippen LogP contribution in [0.2, 0.25) is 0 Å². The summed E-state index contributed by atoms with van der Waals surface area (Å²) in [6, 6.07) is 13.7. The Hall–Kier alpha value is -1.90. The molecule has 6 nitrogen and oxygen atoms in total. The van der Waals surface area contributed by atoms with Crippen molar-refractivity contribution in [1.29, 1.82) is 0 Å². The highest BCUT2D eigenvalue weighted by Gasteiger charge is 2.08. The van der Waals surface area contributed by atoms with Crippen LogP contribution in [0.3, 0.4) is 0 Å². The average Bonchev–Trinajstić information content (AvgIpc) is 2.58. The summed E-state index contributed by atoms with van der Waals surface area (Å²) in [7, 11) is -3.74. The molecule has 0 spiro atoms. The molecule has 2 rings (SSSR count). The van der Waals surface area contributed by atoms with Crippen molar-refractivity contribution in [3.05, 3.63) is 58.6 Å². The molecule has 134 valence electrons. The van der Waals surface area contributed by atoms with Gasteiger partial charge in [0.25, 0.3) is 0 Å². The van der Waals surface area contributed by atoms with Gasteiger partial charge in [0.2, 0.25) is 15.9 Å². The van der Waals surface area contributed by atoms with Gasteiger partial charge in [-0.3, -0.25) is 4.79 Å². The number of sulfonamides is 1. The lowest BCUT2D eigenvalue weighted by molar-refractivity contribution is -0.121. The van der Waals surface area contributed by atoms with Crippen LogP contribution in [0.4, 0.5) is 0 Å². The Balaban J connectivity index is 1.73. The van der Waals surface area contributed by atoms with Crippen LogP contribution in [-0.2, 0) is 21.4 Å². The van der Waals surface area contributed by atoms with E-state index < -0.39 is 10.0 Å². The molecule has 0 saturated heterocycles. The molecule has 3 N–H and O–H groups in total. The Morgan fingerprint density at radius 1 is 1.16 bits per heavy atom. The van der Waals surface area contributed by atoms with Crippen LogP contribution in [0.15, 0.2) is 57.9 Å². The molecular weight excluding hydrogens is 408 g/mol. The number of carbonyl (C=O) groups excluding carboxylic acids is 1. The molecule has 8 heteroatoms. The maximum absolute atomic E-state index is 11.9. The monoisotopic (exact) mass is 426 g/mol. The summed E-state index contributed by atoms with van der Waals surface area (Å²) in [5, 5.41) is 7.84. The zero-order valence-corrected chi connectivity index (χ0v) is 15.8. The molecule has 0 saturated carbocycles. The number of carbonyl (C=O) groups is 1. The van der Waals surface area contributed by atoms with E-state index in [1.165, 1.54) is 12.1 Å². The Bertz CT molecular complexity index is 840. The number of ether oxygens (including phenoxy) is 1. The van der Waals surface area contributed by atoms with Gasteiger partial charge in [0.05, 0.1) is 16.0 Å². The number of benzene rings is 2. The fraction of sp³-hybridized carbons (Fsp3) is 0.235. The zero-order chi connectivity index (χ0) is 18.3. The van der Waals surface area contributed by atoms with Crippen molar-refractivity contribution in [2.75, 3.05) is 6.61 Å². The third-order valence-electron chi connectivity index (χ3n) is 3.36. The van der Waals surface area contributed by atoms with E-state index in [4.69, 9.17) is 9.88 Å². The molecule has 0 bridgehead atoms. The summed E-state index contributed by atoms with van der Waals surface area (Å²) in [6.45, 7) is 0.671. The van der Waals surface area contributed by atoms with Crippen molar-refractivity contribution in [2.45, 2.75) is 24.3 Å². The predicted molar refractivity (Wildman–Crippen MR) is 98.5 cm³/mol. The number of para-hydroxylation sites is 1. The fourth-order valence-corrected chi connectivity index (χ4v) is 3.08. The number of amides is 1. The summed E-state index contributed by atoms with van der Waals surface area (Å²) >= 11 is 3.39. The smallest absolute Gasteiger partial charge is 0.238 e. The number of hydrogen-bond acceptors (Lipinski definition) is 4. The standard InChI is InChI=1S/C17H19BrN2O4S/c18-15-7-1-2-8-16(15)24-10-4-9-17(21)20-12-13-5-3-6-14(11-13)25(19,22)23/h1-3,5-8,11H,4,9-10,12H2,(H,20,21)(H2,19,22,23). The predicted octanol–water partition coefficient (Wildman–Crippen LogP) is 2.57. The molecule has 2 aromatic rings. The second-order valence-corrected chi connectivity index (χ2v) is 7.77. The molecule has 0 fully saturated rings. The molecule has 0 atom stereocenters. The van der Waals surface area contributed by atoms with Gasteiger partial charge in [0.1, 0.15) is 5.75 Å². The second kappa shape index (κ2) is 8.98. The van der Waals surface area contributed by atoms with Crippen LogP contribution in [0.5, 0.6) is 5.75 Å². The highest BCUT2D eigenvalue weighted by Crippen LogP contribution is 2.23. The Morgan fingerprint density at radius 2 is 1.92 bits per heavy atom.